The fourth-order valence-corrected chi connectivity index (χ4v) is 4.89. The topological polar surface area (TPSA) is 84.7 Å². The van der Waals surface area contributed by atoms with Crippen LogP contribution in [0.5, 0.6) is 0 Å². The highest BCUT2D eigenvalue weighted by Gasteiger charge is 2.51. The number of amides is 1. The molecule has 0 N–H and O–H groups in total. The molecular formula is C13H20N4O4S. The second-order valence-corrected chi connectivity index (χ2v) is 7.76. The van der Waals surface area contributed by atoms with E-state index in [0.717, 1.165) is 0 Å². The van der Waals surface area contributed by atoms with Crippen LogP contribution >= 0.6 is 0 Å². The zero-order valence-corrected chi connectivity index (χ0v) is 13.8. The largest absolute Gasteiger partial charge is 0.447 e. The normalized spacial score (nSPS) is 26.1. The van der Waals surface area contributed by atoms with E-state index in [1.165, 1.54) is 8.99 Å². The molecule has 9 heteroatoms. The molecule has 2 aliphatic heterocycles. The number of carbonyl (C=O) groups excluding carboxylic acids is 1. The van der Waals surface area contributed by atoms with Crippen molar-refractivity contribution in [3.63, 3.8) is 0 Å². The third-order valence-electron chi connectivity index (χ3n) is 4.52. The Morgan fingerprint density at radius 1 is 1.41 bits per heavy atom. The first kappa shape index (κ1) is 15.3. The Hall–Kier alpha value is -1.61. The molecule has 2 saturated heterocycles. The minimum atomic E-state index is -3.64. The lowest BCUT2D eigenvalue weighted by Crippen LogP contribution is -2.62. The van der Waals surface area contributed by atoms with Crippen molar-refractivity contribution in [3.8, 4) is 0 Å². The monoisotopic (exact) mass is 328 g/mol. The van der Waals surface area contributed by atoms with Crippen molar-refractivity contribution in [3.05, 3.63) is 11.8 Å². The number of ether oxygens (including phenoxy) is 1. The molecule has 3 rings (SSSR count). The molecule has 0 saturated carbocycles. The highest BCUT2D eigenvalue weighted by atomic mass is 32.2. The van der Waals surface area contributed by atoms with Gasteiger partial charge >= 0.3 is 6.09 Å². The standard InChI is InChI=1S/C13H20N4O4S/c1-4-13-8-16(5-6-17(13)12(18)21-9-13)22(19,20)11-7-10(2)14-15(11)3/h7H,4-6,8-9H2,1-3H3. The molecule has 22 heavy (non-hydrogen) atoms. The van der Waals surface area contributed by atoms with Crippen LogP contribution in [0, 0.1) is 6.92 Å². The molecular weight excluding hydrogens is 308 g/mol. The van der Waals surface area contributed by atoms with E-state index in [2.05, 4.69) is 5.10 Å². The number of aryl methyl sites for hydroxylation is 2. The maximum atomic E-state index is 12.9. The van der Waals surface area contributed by atoms with Crippen molar-refractivity contribution >= 4 is 16.1 Å². The van der Waals surface area contributed by atoms with E-state index in [1.807, 2.05) is 6.92 Å². The third kappa shape index (κ3) is 2.11. The number of fused-ring (bicyclic) bond motifs is 1. The summed E-state index contributed by atoms with van der Waals surface area (Å²) in [6.07, 6.45) is 0.296. The molecule has 122 valence electrons. The maximum Gasteiger partial charge on any atom is 0.410 e. The number of hydrogen-bond donors (Lipinski definition) is 0. The lowest BCUT2D eigenvalue weighted by molar-refractivity contribution is 0.0882. The van der Waals surface area contributed by atoms with Gasteiger partial charge in [-0.1, -0.05) is 6.92 Å². The minimum Gasteiger partial charge on any atom is -0.447 e. The zero-order chi connectivity index (χ0) is 16.1. The quantitative estimate of drug-likeness (QED) is 0.798. The van der Waals surface area contributed by atoms with E-state index in [-0.39, 0.29) is 30.8 Å². The zero-order valence-electron chi connectivity index (χ0n) is 12.9. The van der Waals surface area contributed by atoms with Gasteiger partial charge in [-0.05, 0) is 19.4 Å². The number of piperazine rings is 1. The van der Waals surface area contributed by atoms with Crippen molar-refractivity contribution in [1.29, 1.82) is 0 Å². The molecule has 1 aromatic heterocycles. The summed E-state index contributed by atoms with van der Waals surface area (Å²) in [6.45, 7) is 4.81. The highest BCUT2D eigenvalue weighted by Crippen LogP contribution is 2.33. The van der Waals surface area contributed by atoms with Crippen molar-refractivity contribution in [1.82, 2.24) is 19.0 Å². The number of aromatic nitrogens is 2. The van der Waals surface area contributed by atoms with Crippen LogP contribution in [0.1, 0.15) is 19.0 Å². The summed E-state index contributed by atoms with van der Waals surface area (Å²) in [5.74, 6) is 0. The lowest BCUT2D eigenvalue weighted by atomic mass is 9.94. The molecule has 1 aromatic rings. The SMILES string of the molecule is CCC12COC(=O)N1CCN(S(=O)(=O)c1cc(C)nn1C)C2. The van der Waals surface area contributed by atoms with Crippen LogP contribution in [0.25, 0.3) is 0 Å². The van der Waals surface area contributed by atoms with E-state index < -0.39 is 15.6 Å². The average Bonchev–Trinajstić information content (AvgIpc) is 2.99. The Labute approximate surface area is 129 Å². The summed E-state index contributed by atoms with van der Waals surface area (Å²) < 4.78 is 33.7. The van der Waals surface area contributed by atoms with Crippen molar-refractivity contribution in [2.24, 2.45) is 7.05 Å². The summed E-state index contributed by atoms with van der Waals surface area (Å²) in [5, 5.41) is 4.29. The lowest BCUT2D eigenvalue weighted by Gasteiger charge is -2.43. The predicted molar refractivity (Wildman–Crippen MR) is 77.8 cm³/mol. The summed E-state index contributed by atoms with van der Waals surface area (Å²) in [6, 6.07) is 1.57. The van der Waals surface area contributed by atoms with Crippen molar-refractivity contribution < 1.29 is 17.9 Å². The molecule has 3 heterocycles. The fourth-order valence-electron chi connectivity index (χ4n) is 3.19. The molecule has 2 fully saturated rings. The molecule has 1 amide bonds. The van der Waals surface area contributed by atoms with E-state index in [1.54, 1.807) is 24.9 Å². The average molecular weight is 328 g/mol. The number of sulfonamides is 1. The molecule has 0 spiro atoms. The van der Waals surface area contributed by atoms with E-state index >= 15 is 0 Å². The molecule has 1 atom stereocenters. The van der Waals surface area contributed by atoms with Gasteiger partial charge in [-0.15, -0.1) is 0 Å². The van der Waals surface area contributed by atoms with E-state index in [4.69, 9.17) is 4.74 Å². The van der Waals surface area contributed by atoms with Gasteiger partial charge in [0.25, 0.3) is 10.0 Å². The predicted octanol–water partition coefficient (Wildman–Crippen LogP) is 0.334. The molecule has 0 aromatic carbocycles. The molecule has 0 bridgehead atoms. The van der Waals surface area contributed by atoms with E-state index in [0.29, 0.717) is 18.7 Å². The summed E-state index contributed by atoms with van der Waals surface area (Å²) in [4.78, 5) is 13.4. The van der Waals surface area contributed by atoms with Gasteiger partial charge in [-0.3, -0.25) is 9.58 Å². The first-order valence-corrected chi connectivity index (χ1v) is 8.69. The Bertz CT molecular complexity index is 714. The second-order valence-electron chi connectivity index (χ2n) is 5.87. The first-order valence-electron chi connectivity index (χ1n) is 7.25. The van der Waals surface area contributed by atoms with Crippen LogP contribution in [0.3, 0.4) is 0 Å². The second kappa shape index (κ2) is 4.95. The first-order chi connectivity index (χ1) is 10.3. The minimum absolute atomic E-state index is 0.176. The Balaban J connectivity index is 1.93. The number of cyclic esters (lactones) is 1. The van der Waals surface area contributed by atoms with Crippen molar-refractivity contribution in [2.45, 2.75) is 30.8 Å². The van der Waals surface area contributed by atoms with Gasteiger partial charge < -0.3 is 4.74 Å². The van der Waals surface area contributed by atoms with Gasteiger partial charge in [0.1, 0.15) is 6.61 Å². The smallest absolute Gasteiger partial charge is 0.410 e. The molecule has 0 radical (unpaired) electrons. The number of carbonyl (C=O) groups is 1. The Morgan fingerprint density at radius 2 is 2.14 bits per heavy atom. The van der Waals surface area contributed by atoms with Crippen LogP contribution < -0.4 is 0 Å². The van der Waals surface area contributed by atoms with Gasteiger partial charge in [0.2, 0.25) is 0 Å². The van der Waals surface area contributed by atoms with Crippen LogP contribution in [0.4, 0.5) is 4.79 Å². The number of nitrogens with zero attached hydrogens (tertiary/aromatic N) is 4. The van der Waals surface area contributed by atoms with Crippen LogP contribution in [-0.4, -0.2) is 65.3 Å². The third-order valence-corrected chi connectivity index (χ3v) is 6.42. The number of hydrogen-bond acceptors (Lipinski definition) is 5. The number of rotatable bonds is 3. The molecule has 0 aliphatic carbocycles. The van der Waals surface area contributed by atoms with Gasteiger partial charge in [-0.2, -0.15) is 9.40 Å². The Kier molecular flexibility index (Phi) is 3.44. The van der Waals surface area contributed by atoms with Crippen LogP contribution in [-0.2, 0) is 21.8 Å². The summed E-state index contributed by atoms with van der Waals surface area (Å²) in [5.41, 5.74) is 0.0973. The Morgan fingerprint density at radius 3 is 2.73 bits per heavy atom. The summed E-state index contributed by atoms with van der Waals surface area (Å²) in [7, 11) is -2.02. The summed E-state index contributed by atoms with van der Waals surface area (Å²) >= 11 is 0. The van der Waals surface area contributed by atoms with Gasteiger partial charge in [0.15, 0.2) is 5.03 Å². The molecule has 8 nitrogen and oxygen atoms in total. The van der Waals surface area contributed by atoms with Gasteiger partial charge in [-0.25, -0.2) is 13.2 Å². The van der Waals surface area contributed by atoms with E-state index in [9.17, 15) is 13.2 Å². The molecule has 2 aliphatic rings. The maximum absolute atomic E-state index is 12.9. The van der Waals surface area contributed by atoms with Gasteiger partial charge in [0.05, 0.1) is 11.2 Å². The molecule has 1 unspecified atom stereocenters. The van der Waals surface area contributed by atoms with Gasteiger partial charge in [0, 0.05) is 26.7 Å². The van der Waals surface area contributed by atoms with Crippen LogP contribution in [0.2, 0.25) is 0 Å². The van der Waals surface area contributed by atoms with Crippen molar-refractivity contribution in [2.75, 3.05) is 26.2 Å². The fraction of sp³-hybridized carbons (Fsp3) is 0.692. The van der Waals surface area contributed by atoms with Crippen LogP contribution in [0.15, 0.2) is 11.1 Å². The highest BCUT2D eigenvalue weighted by molar-refractivity contribution is 7.89.